The average molecular weight is 455 g/mol. The third kappa shape index (κ3) is 5.35. The fourth-order valence-electron chi connectivity index (χ4n) is 3.44. The Balaban J connectivity index is 1.72. The maximum Gasteiger partial charge on any atom is 0.343 e. The Kier molecular flexibility index (Phi) is 7.07. The normalized spacial score (nSPS) is 10.6. The van der Waals surface area contributed by atoms with Crippen molar-refractivity contribution >= 4 is 29.0 Å². The van der Waals surface area contributed by atoms with Crippen LogP contribution in [-0.2, 0) is 11.2 Å². The van der Waals surface area contributed by atoms with Crippen molar-refractivity contribution < 1.29 is 9.53 Å². The lowest BCUT2D eigenvalue weighted by Gasteiger charge is -2.16. The first-order valence-electron chi connectivity index (χ1n) is 11.1. The van der Waals surface area contributed by atoms with Crippen LogP contribution in [0.25, 0.3) is 11.4 Å². The van der Waals surface area contributed by atoms with E-state index in [2.05, 4.69) is 37.5 Å². The minimum atomic E-state index is -0.478. The number of esters is 1. The molecule has 0 aliphatic carbocycles. The van der Waals surface area contributed by atoms with E-state index in [1.165, 1.54) is 12.5 Å². The number of ether oxygens (including phenoxy) is 1. The number of carbonyl (C=O) groups excluding carboxylic acids is 1. The van der Waals surface area contributed by atoms with Crippen LogP contribution >= 0.6 is 0 Å². The predicted octanol–water partition coefficient (Wildman–Crippen LogP) is 5.47. The fraction of sp³-hybridized carbons (Fsp3) is 0.192. The van der Waals surface area contributed by atoms with E-state index in [9.17, 15) is 4.79 Å². The number of nitrogens with one attached hydrogen (secondary N) is 2. The molecule has 2 heterocycles. The van der Waals surface area contributed by atoms with Crippen LogP contribution in [-0.4, -0.2) is 32.5 Å². The topological polar surface area (TPSA) is 102 Å². The van der Waals surface area contributed by atoms with E-state index in [4.69, 9.17) is 4.74 Å². The molecule has 0 atom stereocenters. The molecule has 4 rings (SSSR count). The second-order valence-electron chi connectivity index (χ2n) is 7.56. The highest BCUT2D eigenvalue weighted by Crippen LogP contribution is 2.29. The van der Waals surface area contributed by atoms with E-state index >= 15 is 0 Å². The van der Waals surface area contributed by atoms with Gasteiger partial charge in [0.25, 0.3) is 0 Å². The van der Waals surface area contributed by atoms with Gasteiger partial charge in [0.15, 0.2) is 5.82 Å². The van der Waals surface area contributed by atoms with Crippen LogP contribution < -0.4 is 10.6 Å². The van der Waals surface area contributed by atoms with Gasteiger partial charge in [-0.3, -0.25) is 0 Å². The predicted molar refractivity (Wildman–Crippen MR) is 133 cm³/mol. The van der Waals surface area contributed by atoms with Crippen molar-refractivity contribution in [3.63, 3.8) is 0 Å². The zero-order chi connectivity index (χ0) is 23.9. The van der Waals surface area contributed by atoms with Gasteiger partial charge in [-0.25, -0.2) is 24.7 Å². The lowest BCUT2D eigenvalue weighted by atomic mass is 10.1. The average Bonchev–Trinajstić information content (AvgIpc) is 2.85. The number of aryl methyl sites for hydroxylation is 2. The molecule has 0 bridgehead atoms. The largest absolute Gasteiger partial charge is 0.462 e. The lowest BCUT2D eigenvalue weighted by Crippen LogP contribution is -2.11. The van der Waals surface area contributed by atoms with E-state index in [-0.39, 0.29) is 12.2 Å². The van der Waals surface area contributed by atoms with Crippen LogP contribution in [0.3, 0.4) is 0 Å². The second-order valence-corrected chi connectivity index (χ2v) is 7.56. The van der Waals surface area contributed by atoms with Gasteiger partial charge in [0.05, 0.1) is 6.61 Å². The summed E-state index contributed by atoms with van der Waals surface area (Å²) in [5, 5.41) is 6.66. The Bertz CT molecular complexity index is 1290. The number of aromatic nitrogens is 4. The third-order valence-electron chi connectivity index (χ3n) is 5.14. The van der Waals surface area contributed by atoms with Crippen molar-refractivity contribution in [1.82, 2.24) is 19.9 Å². The van der Waals surface area contributed by atoms with Crippen LogP contribution in [0.1, 0.15) is 35.5 Å². The molecule has 2 aromatic carbocycles. The van der Waals surface area contributed by atoms with Crippen molar-refractivity contribution in [2.24, 2.45) is 0 Å². The van der Waals surface area contributed by atoms with Gasteiger partial charge < -0.3 is 15.4 Å². The van der Waals surface area contributed by atoms with Crippen molar-refractivity contribution in [3.8, 4) is 11.4 Å². The first-order valence-corrected chi connectivity index (χ1v) is 11.1. The fourth-order valence-corrected chi connectivity index (χ4v) is 3.44. The van der Waals surface area contributed by atoms with Gasteiger partial charge in [0.2, 0.25) is 0 Å². The molecule has 34 heavy (non-hydrogen) atoms. The van der Waals surface area contributed by atoms with E-state index in [1.54, 1.807) is 6.92 Å². The van der Waals surface area contributed by atoms with Crippen molar-refractivity contribution in [3.05, 3.63) is 83.9 Å². The van der Waals surface area contributed by atoms with Crippen LogP contribution in [0.5, 0.6) is 0 Å². The van der Waals surface area contributed by atoms with Crippen LogP contribution in [0, 0.1) is 6.92 Å². The Morgan fingerprint density at radius 1 is 0.971 bits per heavy atom. The summed E-state index contributed by atoms with van der Waals surface area (Å²) in [4.78, 5) is 30.1. The Morgan fingerprint density at radius 2 is 1.79 bits per heavy atom. The molecule has 0 spiro atoms. The Labute approximate surface area is 198 Å². The summed E-state index contributed by atoms with van der Waals surface area (Å²) < 4.78 is 5.24. The minimum absolute atomic E-state index is 0.261. The van der Waals surface area contributed by atoms with Gasteiger partial charge >= 0.3 is 5.97 Å². The summed E-state index contributed by atoms with van der Waals surface area (Å²) in [7, 11) is 0. The summed E-state index contributed by atoms with van der Waals surface area (Å²) >= 11 is 0. The number of anilines is 4. The summed E-state index contributed by atoms with van der Waals surface area (Å²) in [5.41, 5.74) is 4.72. The molecular weight excluding hydrogens is 428 g/mol. The number of rotatable bonds is 8. The van der Waals surface area contributed by atoms with E-state index < -0.39 is 5.97 Å². The molecule has 4 aromatic rings. The molecule has 0 saturated heterocycles. The third-order valence-corrected chi connectivity index (χ3v) is 5.14. The number of hydrogen-bond acceptors (Lipinski definition) is 8. The molecular formula is C26H26N6O2. The molecule has 0 unspecified atom stereocenters. The highest BCUT2D eigenvalue weighted by Gasteiger charge is 2.18. The quantitative estimate of drug-likeness (QED) is 0.338. The van der Waals surface area contributed by atoms with E-state index in [0.29, 0.717) is 17.5 Å². The first-order chi connectivity index (χ1) is 16.6. The number of carbonyl (C=O) groups is 1. The molecule has 8 heteroatoms. The van der Waals surface area contributed by atoms with Gasteiger partial charge in [-0.05, 0) is 38.0 Å². The van der Waals surface area contributed by atoms with Gasteiger partial charge in [-0.2, -0.15) is 0 Å². The minimum Gasteiger partial charge on any atom is -0.462 e. The maximum absolute atomic E-state index is 12.6. The number of benzene rings is 2. The number of nitrogens with zero attached hydrogens (tertiary/aromatic N) is 4. The Hall–Kier alpha value is -4.33. The number of hydrogen-bond donors (Lipinski definition) is 2. The molecule has 0 radical (unpaired) electrons. The van der Waals surface area contributed by atoms with Crippen molar-refractivity contribution in [1.29, 1.82) is 0 Å². The monoisotopic (exact) mass is 454 g/mol. The summed E-state index contributed by atoms with van der Waals surface area (Å²) in [6, 6.07) is 17.5. The van der Waals surface area contributed by atoms with Gasteiger partial charge in [-0.15, -0.1) is 0 Å². The van der Waals surface area contributed by atoms with Gasteiger partial charge in [-0.1, -0.05) is 43.3 Å². The standard InChI is InChI=1S/C26H26N6O2/c1-4-18-11-12-20(30-23-13-17(3)28-16-29-23)14-22(18)31-25-21(26(33)34-5-2)15-27-24(32-25)19-9-7-6-8-10-19/h6-16H,4-5H2,1-3H3,(H,27,31,32)(H,28,29,30). The first kappa shape index (κ1) is 22.8. The molecule has 172 valence electrons. The zero-order valence-corrected chi connectivity index (χ0v) is 19.4. The zero-order valence-electron chi connectivity index (χ0n) is 19.4. The highest BCUT2D eigenvalue weighted by molar-refractivity contribution is 5.95. The molecule has 0 saturated carbocycles. The Morgan fingerprint density at radius 3 is 2.53 bits per heavy atom. The van der Waals surface area contributed by atoms with Crippen LogP contribution in [0.4, 0.5) is 23.0 Å². The maximum atomic E-state index is 12.6. The molecule has 8 nitrogen and oxygen atoms in total. The summed E-state index contributed by atoms with van der Waals surface area (Å²) in [5.74, 6) is 1.12. The van der Waals surface area contributed by atoms with Crippen molar-refractivity contribution in [2.75, 3.05) is 17.2 Å². The van der Waals surface area contributed by atoms with Gasteiger partial charge in [0.1, 0.15) is 23.5 Å². The van der Waals surface area contributed by atoms with Crippen LogP contribution in [0.2, 0.25) is 0 Å². The molecule has 0 aliphatic rings. The SMILES string of the molecule is CCOC(=O)c1cnc(-c2ccccc2)nc1Nc1cc(Nc2cc(C)ncn2)ccc1CC. The van der Waals surface area contributed by atoms with E-state index in [0.717, 1.165) is 34.6 Å². The van der Waals surface area contributed by atoms with Crippen LogP contribution in [0.15, 0.2) is 67.1 Å². The lowest BCUT2D eigenvalue weighted by molar-refractivity contribution is 0.0526. The van der Waals surface area contributed by atoms with Gasteiger partial charge in [0, 0.05) is 34.9 Å². The van der Waals surface area contributed by atoms with E-state index in [1.807, 2.05) is 61.5 Å². The summed E-state index contributed by atoms with van der Waals surface area (Å²) in [6.45, 7) is 6.01. The second kappa shape index (κ2) is 10.5. The van der Waals surface area contributed by atoms with Crippen molar-refractivity contribution in [2.45, 2.75) is 27.2 Å². The molecule has 0 fully saturated rings. The highest BCUT2D eigenvalue weighted by atomic mass is 16.5. The molecule has 0 amide bonds. The smallest absolute Gasteiger partial charge is 0.343 e. The molecule has 0 aliphatic heterocycles. The molecule has 2 N–H and O–H groups in total. The molecule has 2 aromatic heterocycles. The summed E-state index contributed by atoms with van der Waals surface area (Å²) in [6.07, 6.45) is 3.82.